The highest BCUT2D eigenvalue weighted by atomic mass is 79.9. The number of hydrogen-bond donors (Lipinski definition) is 0. The normalized spacial score (nSPS) is 15.7. The fourth-order valence-electron chi connectivity index (χ4n) is 3.11. The molecule has 0 radical (unpaired) electrons. The van der Waals surface area contributed by atoms with Crippen LogP contribution in [0.25, 0.3) is 0 Å². The van der Waals surface area contributed by atoms with Gasteiger partial charge in [-0.2, -0.15) is 0 Å². The van der Waals surface area contributed by atoms with Gasteiger partial charge in [-0.25, -0.2) is 4.98 Å². The molecule has 1 aromatic carbocycles. The maximum Gasteiger partial charge on any atom is 0.212 e. The number of ketones is 1. The molecule has 0 bridgehead atoms. The molecule has 1 heterocycles. The predicted molar refractivity (Wildman–Crippen MR) is 93.7 cm³/mol. The summed E-state index contributed by atoms with van der Waals surface area (Å²) >= 11 is 3.46. The molecule has 23 heavy (non-hydrogen) atoms. The van der Waals surface area contributed by atoms with Crippen LogP contribution in [0.15, 0.2) is 47.1 Å². The van der Waals surface area contributed by atoms with Crippen molar-refractivity contribution in [2.45, 2.75) is 31.6 Å². The third kappa shape index (κ3) is 3.81. The number of hydrogen-bond acceptors (Lipinski definition) is 3. The number of Topliss-reactive ketones (excluding diaryl/α,β-unsaturated/α-hetero) is 1. The summed E-state index contributed by atoms with van der Waals surface area (Å²) in [5, 5.41) is 0. The first-order valence-corrected chi connectivity index (χ1v) is 8.74. The van der Waals surface area contributed by atoms with E-state index in [9.17, 15) is 4.79 Å². The molecular weight excluding hydrogens is 354 g/mol. The van der Waals surface area contributed by atoms with E-state index < -0.39 is 0 Å². The van der Waals surface area contributed by atoms with Gasteiger partial charge in [0.25, 0.3) is 0 Å². The Labute approximate surface area is 145 Å². The lowest BCUT2D eigenvalue weighted by atomic mass is 9.70. The third-order valence-corrected chi connectivity index (χ3v) is 5.11. The number of rotatable bonds is 6. The molecular formula is C19H20BrNO2. The molecule has 1 saturated carbocycles. The Bertz CT molecular complexity index is 663. The lowest BCUT2D eigenvalue weighted by molar-refractivity contribution is -0.121. The minimum absolute atomic E-state index is 0.000971. The van der Waals surface area contributed by atoms with Crippen molar-refractivity contribution in [3.05, 3.63) is 58.2 Å². The number of carbonyl (C=O) groups excluding carboxylic acids is 1. The summed E-state index contributed by atoms with van der Waals surface area (Å²) in [4.78, 5) is 17.1. The highest BCUT2D eigenvalue weighted by Crippen LogP contribution is 2.40. The number of carbonyl (C=O) groups is 1. The van der Waals surface area contributed by atoms with Gasteiger partial charge in [0, 0.05) is 29.1 Å². The van der Waals surface area contributed by atoms with E-state index in [1.807, 2.05) is 18.2 Å². The van der Waals surface area contributed by atoms with Crippen LogP contribution in [0.5, 0.6) is 5.88 Å². The van der Waals surface area contributed by atoms with Crippen LogP contribution < -0.4 is 4.74 Å². The van der Waals surface area contributed by atoms with E-state index in [-0.39, 0.29) is 11.7 Å². The highest BCUT2D eigenvalue weighted by molar-refractivity contribution is 9.10. The van der Waals surface area contributed by atoms with Gasteiger partial charge in [-0.3, -0.25) is 4.79 Å². The van der Waals surface area contributed by atoms with Crippen LogP contribution in [0.2, 0.25) is 0 Å². The van der Waals surface area contributed by atoms with Crippen LogP contribution in [0.1, 0.15) is 36.3 Å². The Balaban J connectivity index is 1.78. The summed E-state index contributed by atoms with van der Waals surface area (Å²) in [6.45, 7) is 0. The molecule has 1 aliphatic carbocycles. The minimum Gasteiger partial charge on any atom is -0.481 e. The molecule has 1 unspecified atom stereocenters. The second-order valence-corrected chi connectivity index (χ2v) is 6.99. The van der Waals surface area contributed by atoms with Crippen LogP contribution in [0.4, 0.5) is 0 Å². The Kier molecular flexibility index (Phi) is 5.11. The van der Waals surface area contributed by atoms with Crippen LogP contribution in [-0.4, -0.2) is 17.9 Å². The second kappa shape index (κ2) is 7.26. The highest BCUT2D eigenvalue weighted by Gasteiger charge is 2.33. The number of nitrogens with zero attached hydrogens (tertiary/aromatic N) is 1. The molecule has 2 aromatic rings. The van der Waals surface area contributed by atoms with Gasteiger partial charge in [-0.15, -0.1) is 0 Å². The van der Waals surface area contributed by atoms with Gasteiger partial charge in [0.2, 0.25) is 5.88 Å². The largest absolute Gasteiger partial charge is 0.481 e. The lowest BCUT2D eigenvalue weighted by Gasteiger charge is -2.33. The van der Waals surface area contributed by atoms with Crippen molar-refractivity contribution in [1.82, 2.24) is 4.98 Å². The lowest BCUT2D eigenvalue weighted by Crippen LogP contribution is -2.28. The molecule has 4 heteroatoms. The van der Waals surface area contributed by atoms with Gasteiger partial charge in [-0.1, -0.05) is 40.5 Å². The molecule has 0 aliphatic heterocycles. The maximum atomic E-state index is 12.9. The molecule has 3 rings (SSSR count). The van der Waals surface area contributed by atoms with Crippen molar-refractivity contribution >= 4 is 21.7 Å². The SMILES string of the molecule is COc1ccc(CC(=O)C(c2ccc(Br)cc2)C2CCC2)cn1. The fourth-order valence-corrected chi connectivity index (χ4v) is 3.38. The van der Waals surface area contributed by atoms with Gasteiger partial charge in [0.15, 0.2) is 0 Å². The van der Waals surface area contributed by atoms with Crippen molar-refractivity contribution in [2.24, 2.45) is 5.92 Å². The van der Waals surface area contributed by atoms with Crippen LogP contribution in [0.3, 0.4) is 0 Å². The standard InChI is InChI=1S/C19H20BrNO2/c1-23-18-10-5-13(12-21-18)11-17(22)19(14-3-2-4-14)15-6-8-16(20)9-7-15/h5-10,12,14,19H,2-4,11H2,1H3. The molecule has 0 spiro atoms. The zero-order valence-electron chi connectivity index (χ0n) is 13.2. The van der Waals surface area contributed by atoms with Gasteiger partial charge in [0.1, 0.15) is 5.78 Å². The summed E-state index contributed by atoms with van der Waals surface area (Å²) in [5.41, 5.74) is 2.07. The van der Waals surface area contributed by atoms with Gasteiger partial charge in [-0.05, 0) is 42.0 Å². The van der Waals surface area contributed by atoms with Crippen LogP contribution in [0, 0.1) is 5.92 Å². The Morgan fingerprint density at radius 3 is 2.52 bits per heavy atom. The molecule has 1 aliphatic rings. The number of methoxy groups -OCH3 is 1. The van der Waals surface area contributed by atoms with Crippen LogP contribution in [-0.2, 0) is 11.2 Å². The van der Waals surface area contributed by atoms with Crippen molar-refractivity contribution in [3.8, 4) is 5.88 Å². The first-order valence-electron chi connectivity index (χ1n) is 7.94. The molecule has 120 valence electrons. The van der Waals surface area contributed by atoms with Crippen molar-refractivity contribution in [2.75, 3.05) is 7.11 Å². The number of aromatic nitrogens is 1. The Morgan fingerprint density at radius 2 is 2.00 bits per heavy atom. The first-order chi connectivity index (χ1) is 11.2. The molecule has 0 saturated heterocycles. The average molecular weight is 374 g/mol. The van der Waals surface area contributed by atoms with E-state index in [0.717, 1.165) is 28.4 Å². The van der Waals surface area contributed by atoms with E-state index >= 15 is 0 Å². The van der Waals surface area contributed by atoms with Gasteiger partial charge >= 0.3 is 0 Å². The monoisotopic (exact) mass is 373 g/mol. The number of ether oxygens (including phenoxy) is 1. The summed E-state index contributed by atoms with van der Waals surface area (Å²) in [6, 6.07) is 11.9. The van der Waals surface area contributed by atoms with E-state index in [1.54, 1.807) is 19.4 Å². The molecule has 0 N–H and O–H groups in total. The van der Waals surface area contributed by atoms with Crippen molar-refractivity contribution < 1.29 is 9.53 Å². The van der Waals surface area contributed by atoms with Crippen molar-refractivity contribution in [3.63, 3.8) is 0 Å². The fraction of sp³-hybridized carbons (Fsp3) is 0.368. The Hall–Kier alpha value is -1.68. The zero-order chi connectivity index (χ0) is 16.2. The summed E-state index contributed by atoms with van der Waals surface area (Å²) < 4.78 is 6.11. The van der Waals surface area contributed by atoms with E-state index in [1.165, 1.54) is 6.42 Å². The van der Waals surface area contributed by atoms with E-state index in [0.29, 0.717) is 18.2 Å². The topological polar surface area (TPSA) is 39.2 Å². The molecule has 0 amide bonds. The number of halogens is 1. The quantitative estimate of drug-likeness (QED) is 0.745. The van der Waals surface area contributed by atoms with E-state index in [4.69, 9.17) is 4.74 Å². The minimum atomic E-state index is -0.000971. The summed E-state index contributed by atoms with van der Waals surface area (Å²) in [7, 11) is 1.59. The molecule has 3 nitrogen and oxygen atoms in total. The smallest absolute Gasteiger partial charge is 0.212 e. The van der Waals surface area contributed by atoms with Gasteiger partial charge in [0.05, 0.1) is 7.11 Å². The average Bonchev–Trinajstić information content (AvgIpc) is 2.52. The predicted octanol–water partition coefficient (Wildman–Crippen LogP) is 4.55. The summed E-state index contributed by atoms with van der Waals surface area (Å²) in [6.07, 6.45) is 5.68. The van der Waals surface area contributed by atoms with E-state index in [2.05, 4.69) is 33.0 Å². The maximum absolute atomic E-state index is 12.9. The number of pyridine rings is 1. The van der Waals surface area contributed by atoms with Gasteiger partial charge < -0.3 is 4.74 Å². The number of benzene rings is 1. The molecule has 1 aromatic heterocycles. The Morgan fingerprint density at radius 1 is 1.26 bits per heavy atom. The van der Waals surface area contributed by atoms with Crippen molar-refractivity contribution in [1.29, 1.82) is 0 Å². The zero-order valence-corrected chi connectivity index (χ0v) is 14.8. The first kappa shape index (κ1) is 16.2. The summed E-state index contributed by atoms with van der Waals surface area (Å²) in [5.74, 6) is 1.34. The van der Waals surface area contributed by atoms with Crippen LogP contribution >= 0.6 is 15.9 Å². The third-order valence-electron chi connectivity index (χ3n) is 4.58. The molecule has 1 atom stereocenters. The second-order valence-electron chi connectivity index (χ2n) is 6.07. The molecule has 1 fully saturated rings.